The molecule has 0 saturated heterocycles. The fourth-order valence-electron chi connectivity index (χ4n) is 3.54. The maximum atomic E-state index is 13.1. The monoisotopic (exact) mass is 418 g/mol. The van der Waals surface area contributed by atoms with E-state index in [2.05, 4.69) is 11.6 Å². The molecule has 2 aromatic carbocycles. The summed E-state index contributed by atoms with van der Waals surface area (Å²) in [4.78, 5) is 14.9. The first kappa shape index (κ1) is 20.7. The lowest BCUT2D eigenvalue weighted by molar-refractivity contribution is -0.116. The van der Waals surface area contributed by atoms with E-state index in [1.807, 2.05) is 32.9 Å². The Bertz CT molecular complexity index is 1010. The summed E-state index contributed by atoms with van der Waals surface area (Å²) in [6, 6.07) is 8.95. The predicted molar refractivity (Wildman–Crippen MR) is 116 cm³/mol. The molecule has 0 aliphatic carbocycles. The number of fused-ring (bicyclic) bond motifs is 1. The Kier molecular flexibility index (Phi) is 5.77. The molecule has 2 aromatic rings. The van der Waals surface area contributed by atoms with E-state index in [1.165, 1.54) is 6.92 Å². The fraction of sp³-hybridized carbons (Fsp3) is 0.381. The average Bonchev–Trinajstić information content (AvgIpc) is 2.75. The Hall–Kier alpha value is -1.99. The van der Waals surface area contributed by atoms with Crippen molar-refractivity contribution in [2.45, 2.75) is 56.1 Å². The summed E-state index contributed by atoms with van der Waals surface area (Å²) in [5, 5.41) is 0.363. The number of nitrogens with zero attached hydrogens (tertiary/aromatic N) is 1. The molecule has 150 valence electrons. The molecule has 0 unspecified atom stereocenters. The lowest BCUT2D eigenvalue weighted by atomic mass is 10.1. The largest absolute Gasteiger partial charge is 0.311 e. The Balaban J connectivity index is 2.03. The second-order valence-electron chi connectivity index (χ2n) is 7.40. The number of rotatable bonds is 3. The van der Waals surface area contributed by atoms with Gasteiger partial charge in [0.2, 0.25) is 5.91 Å². The van der Waals surface area contributed by atoms with Crippen LogP contribution >= 0.6 is 11.8 Å². The van der Waals surface area contributed by atoms with Gasteiger partial charge in [-0.05, 0) is 56.5 Å². The Morgan fingerprint density at radius 3 is 2.39 bits per heavy atom. The van der Waals surface area contributed by atoms with Crippen molar-refractivity contribution in [1.29, 1.82) is 0 Å². The van der Waals surface area contributed by atoms with Gasteiger partial charge in [-0.3, -0.25) is 9.52 Å². The normalized spacial score (nSPS) is 17.0. The smallest absolute Gasteiger partial charge is 0.261 e. The Morgan fingerprint density at radius 2 is 1.79 bits per heavy atom. The van der Waals surface area contributed by atoms with Crippen LogP contribution in [-0.4, -0.2) is 26.1 Å². The first-order chi connectivity index (χ1) is 13.1. The minimum absolute atomic E-state index is 0.0799. The number of nitrogens with one attached hydrogen (secondary N) is 1. The maximum absolute atomic E-state index is 13.1. The van der Waals surface area contributed by atoms with Crippen LogP contribution in [0.1, 0.15) is 37.0 Å². The number of anilines is 2. The summed E-state index contributed by atoms with van der Waals surface area (Å²) in [6.45, 7) is 9.99. The number of benzene rings is 2. The van der Waals surface area contributed by atoms with Crippen molar-refractivity contribution in [3.8, 4) is 0 Å². The van der Waals surface area contributed by atoms with Crippen LogP contribution in [0.25, 0.3) is 0 Å². The molecule has 0 bridgehead atoms. The molecule has 3 rings (SSSR count). The zero-order valence-electron chi connectivity index (χ0n) is 16.9. The van der Waals surface area contributed by atoms with E-state index in [-0.39, 0.29) is 10.8 Å². The van der Waals surface area contributed by atoms with Gasteiger partial charge in [0, 0.05) is 23.6 Å². The summed E-state index contributed by atoms with van der Waals surface area (Å²) in [5.41, 5.74) is 4.12. The van der Waals surface area contributed by atoms with Crippen molar-refractivity contribution in [1.82, 2.24) is 0 Å². The highest BCUT2D eigenvalue weighted by Crippen LogP contribution is 2.39. The van der Waals surface area contributed by atoms with Crippen LogP contribution in [0.4, 0.5) is 11.4 Å². The molecule has 1 heterocycles. The van der Waals surface area contributed by atoms with E-state index in [1.54, 1.807) is 34.9 Å². The van der Waals surface area contributed by atoms with Crippen molar-refractivity contribution < 1.29 is 13.2 Å². The molecule has 1 aliphatic rings. The number of hydrogen-bond donors (Lipinski definition) is 1. The summed E-state index contributed by atoms with van der Waals surface area (Å²) >= 11 is 1.67. The highest BCUT2D eigenvalue weighted by atomic mass is 32.2. The van der Waals surface area contributed by atoms with Gasteiger partial charge in [0.05, 0.1) is 16.3 Å². The van der Waals surface area contributed by atoms with Gasteiger partial charge < -0.3 is 4.90 Å². The summed E-state index contributed by atoms with van der Waals surface area (Å²) < 4.78 is 28.9. The highest BCUT2D eigenvalue weighted by Gasteiger charge is 2.25. The summed E-state index contributed by atoms with van der Waals surface area (Å²) in [5.74, 6) is -0.0799. The van der Waals surface area contributed by atoms with Crippen molar-refractivity contribution in [2.24, 2.45) is 0 Å². The van der Waals surface area contributed by atoms with E-state index >= 15 is 0 Å². The van der Waals surface area contributed by atoms with Gasteiger partial charge in [0.1, 0.15) is 0 Å². The lowest BCUT2D eigenvalue weighted by Gasteiger charge is -2.22. The summed E-state index contributed by atoms with van der Waals surface area (Å²) in [6.07, 6.45) is 0.862. The fourth-order valence-corrected chi connectivity index (χ4v) is 5.86. The van der Waals surface area contributed by atoms with Crippen LogP contribution < -0.4 is 9.62 Å². The molecule has 5 nitrogen and oxygen atoms in total. The van der Waals surface area contributed by atoms with Crippen LogP contribution in [0.15, 0.2) is 40.1 Å². The van der Waals surface area contributed by atoms with Gasteiger partial charge in [0.25, 0.3) is 10.0 Å². The molecular formula is C21H26N2O3S2. The molecule has 1 N–H and O–H groups in total. The van der Waals surface area contributed by atoms with Gasteiger partial charge in [0.15, 0.2) is 0 Å². The lowest BCUT2D eigenvalue weighted by Crippen LogP contribution is -2.30. The second kappa shape index (κ2) is 7.79. The number of aryl methyl sites for hydroxylation is 3. The van der Waals surface area contributed by atoms with E-state index in [0.29, 0.717) is 23.2 Å². The minimum atomic E-state index is -3.78. The number of thioether (sulfide) groups is 1. The van der Waals surface area contributed by atoms with Gasteiger partial charge in [-0.15, -0.1) is 11.8 Å². The number of carbonyl (C=O) groups is 1. The zero-order chi connectivity index (χ0) is 20.6. The third-order valence-electron chi connectivity index (χ3n) is 4.91. The van der Waals surface area contributed by atoms with E-state index in [9.17, 15) is 13.2 Å². The first-order valence-electron chi connectivity index (χ1n) is 9.28. The average molecular weight is 419 g/mol. The number of sulfonamides is 1. The second-order valence-corrected chi connectivity index (χ2v) is 10.6. The van der Waals surface area contributed by atoms with Crippen LogP contribution in [0.5, 0.6) is 0 Å². The van der Waals surface area contributed by atoms with Crippen molar-refractivity contribution in [3.05, 3.63) is 47.0 Å². The number of carbonyl (C=O) groups excluding carboxylic acids is 1. The van der Waals surface area contributed by atoms with Crippen LogP contribution in [0.3, 0.4) is 0 Å². The van der Waals surface area contributed by atoms with Gasteiger partial charge in [-0.1, -0.05) is 24.6 Å². The first-order valence-corrected chi connectivity index (χ1v) is 11.6. The van der Waals surface area contributed by atoms with E-state index < -0.39 is 10.0 Å². The third-order valence-corrected chi connectivity index (χ3v) is 7.50. The SMILES string of the molecule is CC(=O)N1CC[C@H](C)Sc2ccc(S(=O)(=O)Nc3c(C)cc(C)cc3C)cc21. The van der Waals surface area contributed by atoms with Gasteiger partial charge in [-0.2, -0.15) is 0 Å². The van der Waals surface area contributed by atoms with Crippen molar-refractivity contribution in [3.63, 3.8) is 0 Å². The molecule has 28 heavy (non-hydrogen) atoms. The predicted octanol–water partition coefficient (Wildman–Crippen LogP) is 4.65. The highest BCUT2D eigenvalue weighted by molar-refractivity contribution is 8.00. The zero-order valence-corrected chi connectivity index (χ0v) is 18.5. The Labute approximate surface area is 171 Å². The molecule has 7 heteroatoms. The van der Waals surface area contributed by atoms with E-state index in [0.717, 1.165) is 28.0 Å². The quantitative estimate of drug-likeness (QED) is 0.788. The minimum Gasteiger partial charge on any atom is -0.311 e. The topological polar surface area (TPSA) is 66.5 Å². The van der Waals surface area contributed by atoms with Gasteiger partial charge >= 0.3 is 0 Å². The maximum Gasteiger partial charge on any atom is 0.261 e. The molecule has 1 amide bonds. The van der Waals surface area contributed by atoms with Crippen LogP contribution in [0.2, 0.25) is 0 Å². The van der Waals surface area contributed by atoms with Gasteiger partial charge in [-0.25, -0.2) is 8.42 Å². The van der Waals surface area contributed by atoms with Crippen molar-refractivity contribution in [2.75, 3.05) is 16.2 Å². The standard InChI is InChI=1S/C21H26N2O3S2/c1-13-10-14(2)21(15(3)11-13)22-28(25,26)18-6-7-20-19(12-18)23(17(5)24)9-8-16(4)27-20/h6-7,10-12,16,22H,8-9H2,1-5H3/t16-/m0/s1. The molecule has 0 saturated carbocycles. The molecule has 1 aliphatic heterocycles. The van der Waals surface area contributed by atoms with Crippen LogP contribution in [0, 0.1) is 20.8 Å². The van der Waals surface area contributed by atoms with Crippen LogP contribution in [-0.2, 0) is 14.8 Å². The molecule has 0 spiro atoms. The molecule has 0 aromatic heterocycles. The number of hydrogen-bond acceptors (Lipinski definition) is 4. The third kappa shape index (κ3) is 4.20. The molecular weight excluding hydrogens is 392 g/mol. The van der Waals surface area contributed by atoms with Crippen molar-refractivity contribution >= 4 is 39.1 Å². The molecule has 0 fully saturated rings. The summed E-state index contributed by atoms with van der Waals surface area (Å²) in [7, 11) is -3.78. The van der Waals surface area contributed by atoms with E-state index in [4.69, 9.17) is 0 Å². The number of amides is 1. The molecule has 1 atom stereocenters. The molecule has 0 radical (unpaired) electrons. The Morgan fingerprint density at radius 1 is 1.14 bits per heavy atom.